The van der Waals surface area contributed by atoms with Crippen LogP contribution in [0, 0.1) is 6.92 Å². The summed E-state index contributed by atoms with van der Waals surface area (Å²) in [5, 5.41) is 4.12. The first-order valence-corrected chi connectivity index (χ1v) is 7.49. The van der Waals surface area contributed by atoms with Crippen LogP contribution < -0.4 is 0 Å². The highest BCUT2D eigenvalue weighted by Gasteiger charge is 2.25. The lowest BCUT2D eigenvalue weighted by atomic mass is 10.1. The average Bonchev–Trinajstić information content (AvgIpc) is 3.04. The monoisotopic (exact) mass is 290 g/mol. The molecule has 6 nitrogen and oxygen atoms in total. The van der Waals surface area contributed by atoms with E-state index < -0.39 is 0 Å². The highest BCUT2D eigenvalue weighted by Crippen LogP contribution is 2.20. The lowest BCUT2D eigenvalue weighted by molar-refractivity contribution is 0.0548. The average molecular weight is 290 g/mol. The zero-order valence-corrected chi connectivity index (χ0v) is 12.7. The van der Waals surface area contributed by atoms with Gasteiger partial charge in [-0.2, -0.15) is 0 Å². The molecule has 0 spiro atoms. The van der Waals surface area contributed by atoms with Crippen molar-refractivity contribution in [1.82, 2.24) is 19.6 Å². The third-order valence-electron chi connectivity index (χ3n) is 3.94. The molecule has 3 heterocycles. The van der Waals surface area contributed by atoms with Crippen molar-refractivity contribution in [1.29, 1.82) is 0 Å². The third-order valence-corrected chi connectivity index (χ3v) is 3.94. The Morgan fingerprint density at radius 2 is 2.38 bits per heavy atom. The van der Waals surface area contributed by atoms with Gasteiger partial charge in [0, 0.05) is 44.5 Å². The molecule has 1 aliphatic heterocycles. The van der Waals surface area contributed by atoms with Crippen LogP contribution in [0.2, 0.25) is 0 Å². The first-order valence-electron chi connectivity index (χ1n) is 7.49. The molecule has 2 aromatic rings. The summed E-state index contributed by atoms with van der Waals surface area (Å²) < 4.78 is 13.1. The van der Waals surface area contributed by atoms with E-state index >= 15 is 0 Å². The van der Waals surface area contributed by atoms with Crippen molar-refractivity contribution in [3.63, 3.8) is 0 Å². The molecule has 0 radical (unpaired) electrons. The predicted molar refractivity (Wildman–Crippen MR) is 77.6 cm³/mol. The maximum Gasteiger partial charge on any atom is 0.133 e. The molecule has 114 valence electrons. The zero-order chi connectivity index (χ0) is 14.7. The fourth-order valence-electron chi connectivity index (χ4n) is 2.82. The van der Waals surface area contributed by atoms with E-state index in [1.165, 1.54) is 5.69 Å². The molecular formula is C15H22N4O2. The van der Waals surface area contributed by atoms with Gasteiger partial charge in [-0.25, -0.2) is 4.98 Å². The number of hydrogen-bond acceptors (Lipinski definition) is 5. The van der Waals surface area contributed by atoms with E-state index in [2.05, 4.69) is 19.6 Å². The third kappa shape index (κ3) is 3.33. The lowest BCUT2D eigenvalue weighted by Gasteiger charge is -2.28. The van der Waals surface area contributed by atoms with E-state index in [0.717, 1.165) is 50.7 Å². The van der Waals surface area contributed by atoms with Gasteiger partial charge in [0.25, 0.3) is 0 Å². The van der Waals surface area contributed by atoms with Crippen LogP contribution in [0.1, 0.15) is 30.5 Å². The van der Waals surface area contributed by atoms with Gasteiger partial charge in [-0.1, -0.05) is 5.16 Å². The van der Waals surface area contributed by atoms with Crippen molar-refractivity contribution in [3.8, 4) is 0 Å². The van der Waals surface area contributed by atoms with Crippen LogP contribution in [0.25, 0.3) is 0 Å². The van der Waals surface area contributed by atoms with Crippen LogP contribution in [0.4, 0.5) is 0 Å². The predicted octanol–water partition coefficient (Wildman–Crippen LogP) is 1.99. The minimum absolute atomic E-state index is 0.391. The number of imidazole rings is 1. The number of aryl methyl sites for hydroxylation is 2. The Labute approximate surface area is 124 Å². The van der Waals surface area contributed by atoms with Gasteiger partial charge in [-0.05, 0) is 20.3 Å². The molecule has 3 rings (SSSR count). The van der Waals surface area contributed by atoms with Gasteiger partial charge >= 0.3 is 0 Å². The van der Waals surface area contributed by atoms with E-state index in [-0.39, 0.29) is 0 Å². The largest absolute Gasteiger partial charge is 0.380 e. The van der Waals surface area contributed by atoms with Crippen LogP contribution >= 0.6 is 0 Å². The second kappa shape index (κ2) is 6.41. The highest BCUT2D eigenvalue weighted by atomic mass is 16.5. The molecule has 0 aromatic carbocycles. The summed E-state index contributed by atoms with van der Waals surface area (Å²) >= 11 is 0. The number of rotatable bonds is 5. The Morgan fingerprint density at radius 3 is 3.14 bits per heavy atom. The van der Waals surface area contributed by atoms with Gasteiger partial charge in [-0.3, -0.25) is 4.90 Å². The molecule has 0 bridgehead atoms. The summed E-state index contributed by atoms with van der Waals surface area (Å²) in [5.41, 5.74) is 2.22. The van der Waals surface area contributed by atoms with Crippen molar-refractivity contribution >= 4 is 0 Å². The molecule has 0 aliphatic carbocycles. The van der Waals surface area contributed by atoms with Crippen LogP contribution in [-0.4, -0.2) is 38.9 Å². The fraction of sp³-hybridized carbons (Fsp3) is 0.600. The van der Waals surface area contributed by atoms with Gasteiger partial charge in [0.15, 0.2) is 0 Å². The van der Waals surface area contributed by atoms with Crippen LogP contribution in [0.5, 0.6) is 0 Å². The fourth-order valence-corrected chi connectivity index (χ4v) is 2.82. The number of hydrogen-bond donors (Lipinski definition) is 0. The summed E-state index contributed by atoms with van der Waals surface area (Å²) in [4.78, 5) is 6.66. The standard InChI is InChI=1S/C15H22N4O2/c1-3-20-10-14-4-5-18-11-16-7-15(18)9-19(14)8-13-6-12(2)21-17-13/h6-7,11,14H,3-5,8-10H2,1-2H3/t14-/m1/s1. The van der Waals surface area contributed by atoms with E-state index in [4.69, 9.17) is 9.26 Å². The van der Waals surface area contributed by atoms with E-state index in [9.17, 15) is 0 Å². The Morgan fingerprint density at radius 1 is 1.48 bits per heavy atom. The molecule has 6 heteroatoms. The molecule has 0 saturated heterocycles. The van der Waals surface area contributed by atoms with Crippen molar-refractivity contribution < 1.29 is 9.26 Å². The normalized spacial score (nSPS) is 19.4. The Kier molecular flexibility index (Phi) is 4.36. The molecule has 0 amide bonds. The molecule has 0 fully saturated rings. The van der Waals surface area contributed by atoms with Gasteiger partial charge in [0.05, 0.1) is 24.3 Å². The van der Waals surface area contributed by atoms with Crippen molar-refractivity contribution in [3.05, 3.63) is 35.7 Å². The zero-order valence-electron chi connectivity index (χ0n) is 12.7. The minimum Gasteiger partial charge on any atom is -0.380 e. The van der Waals surface area contributed by atoms with Crippen molar-refractivity contribution in [2.75, 3.05) is 13.2 Å². The Hall–Kier alpha value is -1.66. The topological polar surface area (TPSA) is 56.3 Å². The summed E-state index contributed by atoms with van der Waals surface area (Å²) in [6.07, 6.45) is 4.92. The molecule has 1 aliphatic rings. The van der Waals surface area contributed by atoms with E-state index in [1.54, 1.807) is 0 Å². The maximum absolute atomic E-state index is 5.67. The first-order chi connectivity index (χ1) is 10.3. The second-order valence-electron chi connectivity index (χ2n) is 5.51. The molecule has 2 aromatic heterocycles. The smallest absolute Gasteiger partial charge is 0.133 e. The highest BCUT2D eigenvalue weighted by molar-refractivity contribution is 5.06. The van der Waals surface area contributed by atoms with Gasteiger partial charge in [-0.15, -0.1) is 0 Å². The second-order valence-corrected chi connectivity index (χ2v) is 5.51. The van der Waals surface area contributed by atoms with Crippen LogP contribution in [0.3, 0.4) is 0 Å². The molecule has 1 atom stereocenters. The van der Waals surface area contributed by atoms with Crippen molar-refractivity contribution in [2.45, 2.75) is 45.9 Å². The Balaban J connectivity index is 1.76. The number of fused-ring (bicyclic) bond motifs is 1. The molecule has 21 heavy (non-hydrogen) atoms. The first kappa shape index (κ1) is 14.3. The van der Waals surface area contributed by atoms with E-state index in [0.29, 0.717) is 6.04 Å². The van der Waals surface area contributed by atoms with E-state index in [1.807, 2.05) is 32.4 Å². The molecule has 0 unspecified atom stereocenters. The molecule has 0 N–H and O–H groups in total. The quantitative estimate of drug-likeness (QED) is 0.843. The summed E-state index contributed by atoms with van der Waals surface area (Å²) in [7, 11) is 0. The van der Waals surface area contributed by atoms with Crippen molar-refractivity contribution in [2.24, 2.45) is 0 Å². The van der Waals surface area contributed by atoms with Gasteiger partial charge in [0.2, 0.25) is 0 Å². The Bertz CT molecular complexity index is 578. The SMILES string of the molecule is CCOC[C@H]1CCn2cncc2CN1Cc1cc(C)on1. The minimum atomic E-state index is 0.391. The lowest BCUT2D eigenvalue weighted by Crippen LogP contribution is -2.37. The number of ether oxygens (including phenoxy) is 1. The van der Waals surface area contributed by atoms with Gasteiger partial charge in [0.1, 0.15) is 5.76 Å². The number of aromatic nitrogens is 3. The maximum atomic E-state index is 5.67. The summed E-state index contributed by atoms with van der Waals surface area (Å²) in [6.45, 7) is 8.10. The van der Waals surface area contributed by atoms with Crippen LogP contribution in [-0.2, 0) is 24.4 Å². The number of nitrogens with zero attached hydrogens (tertiary/aromatic N) is 4. The summed E-state index contributed by atoms with van der Waals surface area (Å²) in [6, 6.07) is 2.39. The van der Waals surface area contributed by atoms with Gasteiger partial charge < -0.3 is 13.8 Å². The van der Waals surface area contributed by atoms with Crippen LogP contribution in [0.15, 0.2) is 23.1 Å². The molecular weight excluding hydrogens is 268 g/mol. The summed E-state index contributed by atoms with van der Waals surface area (Å²) in [5.74, 6) is 0.853. The molecule has 0 saturated carbocycles.